The lowest BCUT2D eigenvalue weighted by Crippen LogP contribution is -2.30. The fourth-order valence-corrected chi connectivity index (χ4v) is 3.84. The van der Waals surface area contributed by atoms with Crippen LogP contribution in [-0.4, -0.2) is 19.3 Å². The number of thiol groups is 1. The first kappa shape index (κ1) is 21.0. The molecule has 0 aliphatic carbocycles. The number of anilines is 1. The summed E-state index contributed by atoms with van der Waals surface area (Å²) in [5.74, 6) is -0.158. The highest BCUT2D eigenvalue weighted by Crippen LogP contribution is 2.24. The number of benzene rings is 2. The number of rotatable bonds is 9. The van der Waals surface area contributed by atoms with E-state index in [-0.39, 0.29) is 11.9 Å². The van der Waals surface area contributed by atoms with Gasteiger partial charge < -0.3 is 5.32 Å². The van der Waals surface area contributed by atoms with Crippen molar-refractivity contribution in [1.29, 1.82) is 0 Å². The van der Waals surface area contributed by atoms with Crippen LogP contribution in [0.15, 0.2) is 60.0 Å². The monoisotopic (exact) mass is 431 g/mol. The van der Waals surface area contributed by atoms with Crippen LogP contribution in [0.1, 0.15) is 39.6 Å². The molecule has 0 aliphatic heterocycles. The van der Waals surface area contributed by atoms with E-state index in [4.69, 9.17) is 0 Å². The second-order valence-corrected chi connectivity index (χ2v) is 7.76. The zero-order valence-corrected chi connectivity index (χ0v) is 17.4. The number of carbonyl (C=O) groups is 1. The maximum Gasteiger partial charge on any atom is 0.277 e. The number of carbonyl (C=O) groups excluding carboxylic acids is 1. The molecular weight excluding hydrogens is 410 g/mol. The summed E-state index contributed by atoms with van der Waals surface area (Å²) in [5.41, 5.74) is 5.41. The molecule has 3 aromatic rings. The minimum atomic E-state index is -2.97. The van der Waals surface area contributed by atoms with E-state index < -0.39 is 11.0 Å². The Labute approximate surface area is 174 Å². The van der Waals surface area contributed by atoms with Gasteiger partial charge in [0.2, 0.25) is 0 Å². The van der Waals surface area contributed by atoms with Gasteiger partial charge in [-0.3, -0.25) is 4.79 Å². The molecule has 0 saturated carbocycles. The van der Waals surface area contributed by atoms with E-state index in [9.17, 15) is 13.2 Å². The largest absolute Gasteiger partial charge is 0.342 e. The molecular formula is C20H21N3O4S2. The summed E-state index contributed by atoms with van der Waals surface area (Å²) in [7, 11) is -2.97. The number of aryl methyl sites for hydroxylation is 1. The van der Waals surface area contributed by atoms with Crippen molar-refractivity contribution in [3.63, 3.8) is 0 Å². The summed E-state index contributed by atoms with van der Waals surface area (Å²) < 4.78 is 25.4. The minimum Gasteiger partial charge on any atom is -0.342 e. The van der Waals surface area contributed by atoms with Crippen molar-refractivity contribution in [2.45, 2.75) is 25.8 Å². The van der Waals surface area contributed by atoms with E-state index in [0.717, 1.165) is 22.7 Å². The van der Waals surface area contributed by atoms with Gasteiger partial charge in [0.25, 0.3) is 16.9 Å². The summed E-state index contributed by atoms with van der Waals surface area (Å²) in [4.78, 5) is 17.3. The molecule has 0 unspecified atom stereocenters. The fourth-order valence-electron chi connectivity index (χ4n) is 2.71. The van der Waals surface area contributed by atoms with Gasteiger partial charge in [0.15, 0.2) is 0 Å². The van der Waals surface area contributed by atoms with Gasteiger partial charge in [-0.15, -0.1) is 11.3 Å². The molecule has 1 amide bonds. The lowest BCUT2D eigenvalue weighted by molar-refractivity contribution is 0.0936. The highest BCUT2D eigenvalue weighted by Gasteiger charge is 2.19. The van der Waals surface area contributed by atoms with Gasteiger partial charge >= 0.3 is 0 Å². The Hall–Kier alpha value is -2.75. The van der Waals surface area contributed by atoms with Crippen LogP contribution in [0.25, 0.3) is 0 Å². The van der Waals surface area contributed by atoms with E-state index in [1.807, 2.05) is 42.6 Å². The predicted molar refractivity (Wildman–Crippen MR) is 113 cm³/mol. The first-order valence-electron chi connectivity index (χ1n) is 9.01. The SMILES string of the molecule is CCc1csc([C@H](Cc2ccc(NO[SH](=O)=O)cc2)NC(=O)c2ccccc2)n1. The Morgan fingerprint density at radius 2 is 1.86 bits per heavy atom. The molecule has 0 bridgehead atoms. The maximum absolute atomic E-state index is 12.7. The highest BCUT2D eigenvalue weighted by molar-refractivity contribution is 7.67. The second kappa shape index (κ2) is 10.1. The van der Waals surface area contributed by atoms with Gasteiger partial charge in [0.1, 0.15) is 5.01 Å². The van der Waals surface area contributed by atoms with Gasteiger partial charge in [-0.2, -0.15) is 4.28 Å². The van der Waals surface area contributed by atoms with Crippen LogP contribution < -0.4 is 10.8 Å². The topological polar surface area (TPSA) is 97.4 Å². The van der Waals surface area contributed by atoms with Gasteiger partial charge in [-0.05, 0) is 42.7 Å². The van der Waals surface area contributed by atoms with Crippen LogP contribution in [0.2, 0.25) is 0 Å². The summed E-state index contributed by atoms with van der Waals surface area (Å²) >= 11 is 1.53. The standard InChI is InChI=1S/C20H21N3O4S2/c1-2-16-13-28-20(21-16)18(22-19(24)15-6-4-3-5-7-15)12-14-8-10-17(11-9-14)23-27-29(25)26/h3-11,13,18,23,29H,2,12H2,1H3,(H,22,24)/t18-/m0/s1. The number of amides is 1. The zero-order chi connectivity index (χ0) is 20.6. The number of hydrogen-bond acceptors (Lipinski definition) is 7. The third-order valence-corrected chi connectivity index (χ3v) is 5.45. The third kappa shape index (κ3) is 6.11. The van der Waals surface area contributed by atoms with E-state index in [1.165, 1.54) is 11.3 Å². The number of thiazole rings is 1. The Morgan fingerprint density at radius 3 is 2.48 bits per heavy atom. The van der Waals surface area contributed by atoms with Crippen molar-refractivity contribution in [3.05, 3.63) is 81.8 Å². The van der Waals surface area contributed by atoms with Crippen molar-refractivity contribution in [2.24, 2.45) is 0 Å². The first-order valence-corrected chi connectivity index (χ1v) is 11.0. The predicted octanol–water partition coefficient (Wildman–Crippen LogP) is 3.29. The average Bonchev–Trinajstić information content (AvgIpc) is 3.22. The van der Waals surface area contributed by atoms with Crippen molar-refractivity contribution in [1.82, 2.24) is 10.3 Å². The summed E-state index contributed by atoms with van der Waals surface area (Å²) in [5, 5.41) is 5.93. The second-order valence-electron chi connectivity index (χ2n) is 6.24. The molecule has 9 heteroatoms. The van der Waals surface area contributed by atoms with E-state index in [0.29, 0.717) is 17.7 Å². The lowest BCUT2D eigenvalue weighted by Gasteiger charge is -2.17. The molecule has 7 nitrogen and oxygen atoms in total. The van der Waals surface area contributed by atoms with Gasteiger partial charge in [0, 0.05) is 10.9 Å². The van der Waals surface area contributed by atoms with Gasteiger partial charge in [-0.25, -0.2) is 18.9 Å². The summed E-state index contributed by atoms with van der Waals surface area (Å²) in [6, 6.07) is 15.9. The molecule has 0 aliphatic rings. The normalized spacial score (nSPS) is 11.9. The average molecular weight is 432 g/mol. The van der Waals surface area contributed by atoms with Crippen molar-refractivity contribution in [2.75, 3.05) is 5.48 Å². The summed E-state index contributed by atoms with van der Waals surface area (Å²) in [6.07, 6.45) is 1.38. The summed E-state index contributed by atoms with van der Waals surface area (Å²) in [6.45, 7) is 2.04. The van der Waals surface area contributed by atoms with Crippen molar-refractivity contribution in [3.8, 4) is 0 Å². The molecule has 0 saturated heterocycles. The molecule has 152 valence electrons. The van der Waals surface area contributed by atoms with Crippen LogP contribution in [0.5, 0.6) is 0 Å². The molecule has 0 radical (unpaired) electrons. The Kier molecular flexibility index (Phi) is 7.34. The molecule has 2 N–H and O–H groups in total. The van der Waals surface area contributed by atoms with Crippen LogP contribution in [-0.2, 0) is 28.1 Å². The van der Waals surface area contributed by atoms with E-state index >= 15 is 0 Å². The van der Waals surface area contributed by atoms with Crippen LogP contribution in [0.3, 0.4) is 0 Å². The maximum atomic E-state index is 12.7. The number of nitrogens with zero attached hydrogens (tertiary/aromatic N) is 1. The molecule has 1 atom stereocenters. The zero-order valence-electron chi connectivity index (χ0n) is 15.7. The molecule has 0 fully saturated rings. The third-order valence-electron chi connectivity index (χ3n) is 4.20. The minimum absolute atomic E-state index is 0.158. The number of aromatic nitrogens is 1. The van der Waals surface area contributed by atoms with Crippen LogP contribution in [0.4, 0.5) is 5.69 Å². The Balaban J connectivity index is 1.76. The fraction of sp³-hybridized carbons (Fsp3) is 0.200. The quantitative estimate of drug-likeness (QED) is 0.355. The molecule has 29 heavy (non-hydrogen) atoms. The van der Waals surface area contributed by atoms with Crippen LogP contribution in [0, 0.1) is 0 Å². The first-order chi connectivity index (χ1) is 14.0. The smallest absolute Gasteiger partial charge is 0.277 e. The van der Waals surface area contributed by atoms with Crippen molar-refractivity contribution >= 4 is 33.9 Å². The van der Waals surface area contributed by atoms with Crippen molar-refractivity contribution < 1.29 is 17.5 Å². The number of hydrogen-bond donors (Lipinski definition) is 3. The highest BCUT2D eigenvalue weighted by atomic mass is 32.2. The van der Waals surface area contributed by atoms with Gasteiger partial charge in [0.05, 0.1) is 17.4 Å². The Morgan fingerprint density at radius 1 is 1.14 bits per heavy atom. The van der Waals surface area contributed by atoms with E-state index in [2.05, 4.69) is 20.1 Å². The molecule has 1 aromatic heterocycles. The molecule has 3 rings (SSSR count). The Bertz CT molecular complexity index is 1010. The number of nitrogens with one attached hydrogen (secondary N) is 2. The lowest BCUT2D eigenvalue weighted by atomic mass is 10.1. The molecule has 1 heterocycles. The molecule has 0 spiro atoms. The van der Waals surface area contributed by atoms with E-state index in [1.54, 1.807) is 24.3 Å². The molecule has 2 aromatic carbocycles. The van der Waals surface area contributed by atoms with Crippen LogP contribution >= 0.6 is 11.3 Å². The van der Waals surface area contributed by atoms with Gasteiger partial charge in [-0.1, -0.05) is 37.3 Å².